The number of rotatable bonds is 4. The van der Waals surface area contributed by atoms with Crippen LogP contribution in [0.2, 0.25) is 0 Å². The molecule has 1 aliphatic heterocycles. The monoisotopic (exact) mass is 355 g/mol. The van der Waals surface area contributed by atoms with E-state index in [1.165, 1.54) is 4.31 Å². The van der Waals surface area contributed by atoms with Gasteiger partial charge in [0.25, 0.3) is 0 Å². The van der Waals surface area contributed by atoms with Gasteiger partial charge >= 0.3 is 5.97 Å². The summed E-state index contributed by atoms with van der Waals surface area (Å²) in [4.78, 5) is 12.4. The molecule has 0 aliphatic carbocycles. The lowest BCUT2D eigenvalue weighted by molar-refractivity contribution is 0.0527. The largest absolute Gasteiger partial charge is 0.462 e. The number of ether oxygens (including phenoxy) is 2. The summed E-state index contributed by atoms with van der Waals surface area (Å²) in [5.41, 5.74) is 0. The molecule has 0 unspecified atom stereocenters. The van der Waals surface area contributed by atoms with Crippen LogP contribution < -0.4 is 0 Å². The summed E-state index contributed by atoms with van der Waals surface area (Å²) in [6.07, 6.45) is 0. The van der Waals surface area contributed by atoms with Gasteiger partial charge in [0.2, 0.25) is 10.0 Å². The van der Waals surface area contributed by atoms with Crippen molar-refractivity contribution in [3.05, 3.63) is 29.1 Å². The van der Waals surface area contributed by atoms with E-state index >= 15 is 0 Å². The van der Waals surface area contributed by atoms with Crippen LogP contribution in [0.25, 0.3) is 10.1 Å². The topological polar surface area (TPSA) is 72.9 Å². The summed E-state index contributed by atoms with van der Waals surface area (Å²) >= 11 is 1.15. The van der Waals surface area contributed by atoms with Crippen LogP contribution >= 0.6 is 11.3 Å². The summed E-state index contributed by atoms with van der Waals surface area (Å²) in [7, 11) is -3.78. The molecule has 1 aromatic carbocycles. The molecule has 1 aromatic heterocycles. The number of sulfonamides is 1. The molecule has 0 atom stereocenters. The number of carbonyl (C=O) groups excluding carboxylic acids is 1. The van der Waals surface area contributed by atoms with Crippen LogP contribution in [0.3, 0.4) is 0 Å². The molecule has 0 radical (unpaired) electrons. The number of thiophene rings is 1. The molecule has 1 aliphatic rings. The van der Waals surface area contributed by atoms with Crippen molar-refractivity contribution in [1.82, 2.24) is 4.31 Å². The first kappa shape index (κ1) is 16.4. The van der Waals surface area contributed by atoms with E-state index < -0.39 is 16.0 Å². The number of nitrogens with zero attached hydrogens (tertiary/aromatic N) is 1. The van der Waals surface area contributed by atoms with Gasteiger partial charge in [-0.3, -0.25) is 0 Å². The van der Waals surface area contributed by atoms with Gasteiger partial charge in [-0.25, -0.2) is 13.2 Å². The number of hydrogen-bond donors (Lipinski definition) is 0. The van der Waals surface area contributed by atoms with Crippen molar-refractivity contribution in [1.29, 1.82) is 0 Å². The molecule has 0 spiro atoms. The van der Waals surface area contributed by atoms with E-state index in [0.29, 0.717) is 18.6 Å². The highest BCUT2D eigenvalue weighted by Crippen LogP contribution is 2.37. The molecule has 1 fully saturated rings. The fourth-order valence-corrected chi connectivity index (χ4v) is 5.68. The van der Waals surface area contributed by atoms with Crippen LogP contribution in [-0.4, -0.2) is 51.6 Å². The highest BCUT2D eigenvalue weighted by Gasteiger charge is 2.34. The van der Waals surface area contributed by atoms with E-state index in [4.69, 9.17) is 9.47 Å². The van der Waals surface area contributed by atoms with E-state index in [1.54, 1.807) is 25.1 Å². The maximum atomic E-state index is 13.1. The van der Waals surface area contributed by atoms with Crippen molar-refractivity contribution in [2.45, 2.75) is 11.8 Å². The maximum Gasteiger partial charge on any atom is 0.349 e. The van der Waals surface area contributed by atoms with Gasteiger partial charge in [0, 0.05) is 23.2 Å². The van der Waals surface area contributed by atoms with Gasteiger partial charge in [-0.2, -0.15) is 4.31 Å². The zero-order valence-electron chi connectivity index (χ0n) is 12.6. The number of fused-ring (bicyclic) bond motifs is 1. The zero-order valence-corrected chi connectivity index (χ0v) is 14.3. The van der Waals surface area contributed by atoms with E-state index in [0.717, 1.165) is 16.0 Å². The Morgan fingerprint density at radius 2 is 2.00 bits per heavy atom. The highest BCUT2D eigenvalue weighted by atomic mass is 32.2. The normalized spacial score (nSPS) is 16.6. The third-order valence-corrected chi connectivity index (χ3v) is 6.84. The van der Waals surface area contributed by atoms with Gasteiger partial charge < -0.3 is 9.47 Å². The Bertz CT molecular complexity index is 822. The predicted octanol–water partition coefficient (Wildman–Crippen LogP) is 2.10. The molecule has 2 heterocycles. The first-order chi connectivity index (χ1) is 11.1. The Labute approximate surface area is 138 Å². The minimum atomic E-state index is -3.78. The van der Waals surface area contributed by atoms with Crippen molar-refractivity contribution in [3.63, 3.8) is 0 Å². The summed E-state index contributed by atoms with van der Waals surface area (Å²) in [5, 5.41) is 0.562. The van der Waals surface area contributed by atoms with Gasteiger partial charge in [-0.1, -0.05) is 18.2 Å². The lowest BCUT2D eigenvalue weighted by Gasteiger charge is -2.26. The van der Waals surface area contributed by atoms with Crippen molar-refractivity contribution < 1.29 is 22.7 Å². The molecular formula is C15H17NO5S2. The van der Waals surface area contributed by atoms with E-state index in [2.05, 4.69) is 0 Å². The third-order valence-electron chi connectivity index (χ3n) is 3.58. The van der Waals surface area contributed by atoms with Crippen LogP contribution in [0.5, 0.6) is 0 Å². The Morgan fingerprint density at radius 3 is 2.70 bits per heavy atom. The number of benzene rings is 1. The van der Waals surface area contributed by atoms with Gasteiger partial charge in [0.1, 0.15) is 9.77 Å². The minimum Gasteiger partial charge on any atom is -0.462 e. The molecule has 2 aromatic rings. The lowest BCUT2D eigenvalue weighted by Crippen LogP contribution is -2.41. The molecule has 8 heteroatoms. The van der Waals surface area contributed by atoms with Gasteiger partial charge in [0.05, 0.1) is 19.8 Å². The molecule has 23 heavy (non-hydrogen) atoms. The summed E-state index contributed by atoms with van der Waals surface area (Å²) in [6, 6.07) is 7.12. The maximum absolute atomic E-state index is 13.1. The van der Waals surface area contributed by atoms with Crippen LogP contribution in [0.15, 0.2) is 29.2 Å². The van der Waals surface area contributed by atoms with Crippen molar-refractivity contribution in [3.8, 4) is 0 Å². The average molecular weight is 355 g/mol. The zero-order chi connectivity index (χ0) is 16.4. The fourth-order valence-electron chi connectivity index (χ4n) is 2.53. The van der Waals surface area contributed by atoms with Crippen molar-refractivity contribution >= 4 is 37.4 Å². The highest BCUT2D eigenvalue weighted by molar-refractivity contribution is 7.89. The number of esters is 1. The molecule has 0 N–H and O–H groups in total. The predicted molar refractivity (Wildman–Crippen MR) is 87.4 cm³/mol. The Balaban J connectivity index is 2.17. The molecular weight excluding hydrogens is 338 g/mol. The van der Waals surface area contributed by atoms with E-state index in [-0.39, 0.29) is 29.5 Å². The molecule has 0 amide bonds. The van der Waals surface area contributed by atoms with Gasteiger partial charge in [0.15, 0.2) is 0 Å². The van der Waals surface area contributed by atoms with E-state index in [1.807, 2.05) is 6.07 Å². The van der Waals surface area contributed by atoms with Crippen LogP contribution in [0.4, 0.5) is 0 Å². The van der Waals surface area contributed by atoms with Gasteiger partial charge in [-0.05, 0) is 13.0 Å². The smallest absolute Gasteiger partial charge is 0.349 e. The molecule has 124 valence electrons. The minimum absolute atomic E-state index is 0.0541. The number of morpholine rings is 1. The third kappa shape index (κ3) is 2.99. The summed E-state index contributed by atoms with van der Waals surface area (Å²) < 4.78 is 38.5. The standard InChI is InChI=1S/C15H17NO5S2/c1-2-21-15(17)13-14(11-5-3-4-6-12(11)22-13)23(18,19)16-7-9-20-10-8-16/h3-6H,2,7-10H2,1H3. The summed E-state index contributed by atoms with van der Waals surface area (Å²) in [5.74, 6) is -0.597. The molecule has 1 saturated heterocycles. The first-order valence-corrected chi connectivity index (χ1v) is 9.58. The summed E-state index contributed by atoms with van der Waals surface area (Å²) in [6.45, 7) is 3.18. The number of hydrogen-bond acceptors (Lipinski definition) is 6. The molecule has 0 saturated carbocycles. The van der Waals surface area contributed by atoms with Gasteiger partial charge in [-0.15, -0.1) is 11.3 Å². The Kier molecular flexibility index (Phi) is 4.67. The van der Waals surface area contributed by atoms with Crippen molar-refractivity contribution in [2.24, 2.45) is 0 Å². The van der Waals surface area contributed by atoms with Crippen molar-refractivity contribution in [2.75, 3.05) is 32.9 Å². The number of carbonyl (C=O) groups is 1. The fraction of sp³-hybridized carbons (Fsp3) is 0.400. The molecule has 0 bridgehead atoms. The van der Waals surface area contributed by atoms with Crippen LogP contribution in [0, 0.1) is 0 Å². The lowest BCUT2D eigenvalue weighted by atomic mass is 10.2. The second-order valence-corrected chi connectivity index (χ2v) is 7.92. The van der Waals surface area contributed by atoms with Crippen LogP contribution in [0.1, 0.15) is 16.6 Å². The van der Waals surface area contributed by atoms with E-state index in [9.17, 15) is 13.2 Å². The average Bonchev–Trinajstić information content (AvgIpc) is 2.96. The quantitative estimate of drug-likeness (QED) is 0.786. The second kappa shape index (κ2) is 6.56. The SMILES string of the molecule is CCOC(=O)c1sc2ccccc2c1S(=O)(=O)N1CCOCC1. The molecule has 3 rings (SSSR count). The molecule has 6 nitrogen and oxygen atoms in total. The first-order valence-electron chi connectivity index (χ1n) is 7.32. The Hall–Kier alpha value is -1.48. The van der Waals surface area contributed by atoms with Crippen LogP contribution in [-0.2, 0) is 19.5 Å². The Morgan fingerprint density at radius 1 is 1.30 bits per heavy atom. The second-order valence-electron chi connectivity index (χ2n) is 4.99.